The maximum atomic E-state index is 12.6. The third-order valence-electron chi connectivity index (χ3n) is 5.25. The summed E-state index contributed by atoms with van der Waals surface area (Å²) >= 11 is 0. The van der Waals surface area contributed by atoms with Crippen molar-refractivity contribution in [1.29, 1.82) is 0 Å². The summed E-state index contributed by atoms with van der Waals surface area (Å²) in [5.74, 6) is -0.567. The first kappa shape index (κ1) is 21.5. The van der Waals surface area contributed by atoms with Crippen LogP contribution in [-0.4, -0.2) is 69.9 Å². The highest BCUT2D eigenvalue weighted by atomic mass is 32.2. The minimum Gasteiger partial charge on any atom is -0.459 e. The van der Waals surface area contributed by atoms with Crippen LogP contribution in [0.1, 0.15) is 29.5 Å². The third kappa shape index (κ3) is 5.91. The van der Waals surface area contributed by atoms with E-state index in [4.69, 9.17) is 4.42 Å². The number of carbonyl (C=O) groups excluding carboxylic acids is 1. The van der Waals surface area contributed by atoms with Crippen LogP contribution in [0.25, 0.3) is 0 Å². The summed E-state index contributed by atoms with van der Waals surface area (Å²) in [6.45, 7) is 9.03. The van der Waals surface area contributed by atoms with E-state index < -0.39 is 9.84 Å². The molecule has 1 fully saturated rings. The Hall–Kier alpha value is -2.16. The first-order chi connectivity index (χ1) is 14.0. The van der Waals surface area contributed by atoms with Gasteiger partial charge < -0.3 is 19.5 Å². The van der Waals surface area contributed by atoms with Crippen LogP contribution >= 0.6 is 0 Å². The highest BCUT2D eigenvalue weighted by Gasteiger charge is 2.22. The van der Waals surface area contributed by atoms with E-state index >= 15 is 0 Å². The topological polar surface area (TPSA) is 82.9 Å². The molecule has 1 saturated heterocycles. The molecule has 1 aromatic carbocycles. The van der Waals surface area contributed by atoms with Crippen molar-refractivity contribution >= 4 is 15.7 Å². The molecule has 8 heteroatoms. The average molecular weight is 420 g/mol. The van der Waals surface area contributed by atoms with Crippen LogP contribution < -0.4 is 5.32 Å². The quantitative estimate of drug-likeness (QED) is 0.626. The Morgan fingerprint density at radius 3 is 2.45 bits per heavy atom. The SMILES string of the molecule is CCN1CCN(CCCNC(=O)c2occc2CS(=O)(=O)c2ccccc2)CC1. The van der Waals surface area contributed by atoms with Gasteiger partial charge in [-0.25, -0.2) is 8.42 Å². The standard InChI is InChI=1S/C21H29N3O4S/c1-2-23-12-14-24(15-13-23)11-6-10-22-21(25)20-18(9-16-28-20)17-29(26,27)19-7-4-3-5-8-19/h3-5,7-9,16H,2,6,10-15,17H2,1H3,(H,22,25). The number of hydrogen-bond acceptors (Lipinski definition) is 6. The highest BCUT2D eigenvalue weighted by Crippen LogP contribution is 2.19. The molecule has 3 rings (SSSR count). The van der Waals surface area contributed by atoms with Gasteiger partial charge in [-0.05, 0) is 37.7 Å². The molecule has 1 aliphatic rings. The molecule has 1 aliphatic heterocycles. The number of carbonyl (C=O) groups is 1. The lowest BCUT2D eigenvalue weighted by Gasteiger charge is -2.33. The van der Waals surface area contributed by atoms with Crippen LogP contribution in [0.3, 0.4) is 0 Å². The molecule has 1 amide bonds. The number of likely N-dealkylation sites (N-methyl/N-ethyl adjacent to an activating group) is 1. The predicted octanol–water partition coefficient (Wildman–Crippen LogP) is 2.01. The lowest BCUT2D eigenvalue weighted by Crippen LogP contribution is -2.46. The lowest BCUT2D eigenvalue weighted by molar-refractivity contribution is 0.0920. The summed E-state index contributed by atoms with van der Waals surface area (Å²) in [4.78, 5) is 17.5. The van der Waals surface area contributed by atoms with Crippen molar-refractivity contribution < 1.29 is 17.6 Å². The zero-order valence-corrected chi connectivity index (χ0v) is 17.7. The molecule has 1 N–H and O–H groups in total. The van der Waals surface area contributed by atoms with Gasteiger partial charge in [0, 0.05) is 38.3 Å². The van der Waals surface area contributed by atoms with Crippen LogP contribution in [0.2, 0.25) is 0 Å². The Morgan fingerprint density at radius 2 is 1.76 bits per heavy atom. The number of piperazine rings is 1. The van der Waals surface area contributed by atoms with E-state index in [1.165, 1.54) is 6.26 Å². The molecule has 0 saturated carbocycles. The Bertz CT molecular complexity index is 888. The smallest absolute Gasteiger partial charge is 0.287 e. The number of rotatable bonds is 9. The Kier molecular flexibility index (Phi) is 7.46. The maximum absolute atomic E-state index is 12.6. The van der Waals surface area contributed by atoms with Crippen molar-refractivity contribution in [1.82, 2.24) is 15.1 Å². The van der Waals surface area contributed by atoms with E-state index in [-0.39, 0.29) is 22.3 Å². The minimum atomic E-state index is -3.54. The summed E-state index contributed by atoms with van der Waals surface area (Å²) in [6, 6.07) is 9.77. The first-order valence-electron chi connectivity index (χ1n) is 10.1. The van der Waals surface area contributed by atoms with E-state index in [2.05, 4.69) is 22.0 Å². The molecule has 0 radical (unpaired) electrons. The van der Waals surface area contributed by atoms with Crippen LogP contribution in [0.15, 0.2) is 52.0 Å². The molecule has 7 nitrogen and oxygen atoms in total. The van der Waals surface area contributed by atoms with Crippen molar-refractivity contribution in [3.8, 4) is 0 Å². The molecule has 2 heterocycles. The molecule has 0 unspecified atom stereocenters. The molecule has 0 aliphatic carbocycles. The molecule has 1 aromatic heterocycles. The predicted molar refractivity (Wildman–Crippen MR) is 112 cm³/mol. The Morgan fingerprint density at radius 1 is 1.07 bits per heavy atom. The van der Waals surface area contributed by atoms with Gasteiger partial charge in [-0.1, -0.05) is 25.1 Å². The monoisotopic (exact) mass is 419 g/mol. The van der Waals surface area contributed by atoms with E-state index in [0.717, 1.165) is 45.7 Å². The summed E-state index contributed by atoms with van der Waals surface area (Å²) in [5.41, 5.74) is 0.377. The van der Waals surface area contributed by atoms with Crippen molar-refractivity contribution in [2.24, 2.45) is 0 Å². The van der Waals surface area contributed by atoms with Gasteiger partial charge >= 0.3 is 0 Å². The van der Waals surface area contributed by atoms with Gasteiger partial charge in [-0.3, -0.25) is 4.79 Å². The van der Waals surface area contributed by atoms with Gasteiger partial charge in [0.1, 0.15) is 0 Å². The van der Waals surface area contributed by atoms with Crippen molar-refractivity contribution in [2.75, 3.05) is 45.8 Å². The van der Waals surface area contributed by atoms with Crippen molar-refractivity contribution in [3.05, 3.63) is 54.0 Å². The molecule has 0 bridgehead atoms. The van der Waals surface area contributed by atoms with Gasteiger partial charge in [0.2, 0.25) is 0 Å². The average Bonchev–Trinajstić information content (AvgIpc) is 3.19. The number of nitrogens with one attached hydrogen (secondary N) is 1. The number of benzene rings is 1. The number of furan rings is 1. The molecule has 0 spiro atoms. The fraction of sp³-hybridized carbons (Fsp3) is 0.476. The van der Waals surface area contributed by atoms with Crippen molar-refractivity contribution in [2.45, 2.75) is 24.0 Å². The zero-order valence-electron chi connectivity index (χ0n) is 16.8. The largest absolute Gasteiger partial charge is 0.459 e. The molecular formula is C21H29N3O4S. The molecular weight excluding hydrogens is 390 g/mol. The zero-order chi connectivity index (χ0) is 20.7. The van der Waals surface area contributed by atoms with E-state index in [1.807, 2.05) is 0 Å². The maximum Gasteiger partial charge on any atom is 0.287 e. The van der Waals surface area contributed by atoms with Gasteiger partial charge in [-0.2, -0.15) is 0 Å². The van der Waals surface area contributed by atoms with E-state index in [9.17, 15) is 13.2 Å². The van der Waals surface area contributed by atoms with Gasteiger partial charge in [0.15, 0.2) is 15.6 Å². The molecule has 158 valence electrons. The Labute approximate surface area is 172 Å². The lowest BCUT2D eigenvalue weighted by atomic mass is 10.2. The first-order valence-corrected chi connectivity index (χ1v) is 11.7. The summed E-state index contributed by atoms with van der Waals surface area (Å²) in [6.07, 6.45) is 2.20. The van der Waals surface area contributed by atoms with Crippen LogP contribution in [0.5, 0.6) is 0 Å². The minimum absolute atomic E-state index is 0.0704. The second-order valence-corrected chi connectivity index (χ2v) is 9.22. The molecule has 2 aromatic rings. The third-order valence-corrected chi connectivity index (χ3v) is 6.93. The summed E-state index contributed by atoms with van der Waals surface area (Å²) in [5, 5.41) is 2.85. The Balaban J connectivity index is 1.48. The number of amides is 1. The van der Waals surface area contributed by atoms with Gasteiger partial charge in [0.25, 0.3) is 5.91 Å². The summed E-state index contributed by atoms with van der Waals surface area (Å²) in [7, 11) is -3.54. The van der Waals surface area contributed by atoms with E-state index in [1.54, 1.807) is 36.4 Å². The fourth-order valence-corrected chi connectivity index (χ4v) is 4.85. The van der Waals surface area contributed by atoms with Gasteiger partial charge in [0.05, 0.1) is 16.9 Å². The normalized spacial score (nSPS) is 16.0. The highest BCUT2D eigenvalue weighted by molar-refractivity contribution is 7.90. The van der Waals surface area contributed by atoms with Crippen LogP contribution in [-0.2, 0) is 15.6 Å². The summed E-state index contributed by atoms with van der Waals surface area (Å²) < 4.78 is 30.4. The molecule has 29 heavy (non-hydrogen) atoms. The number of sulfone groups is 1. The van der Waals surface area contributed by atoms with Crippen LogP contribution in [0.4, 0.5) is 0 Å². The fourth-order valence-electron chi connectivity index (χ4n) is 3.48. The number of nitrogens with zero attached hydrogens (tertiary/aromatic N) is 2. The molecule has 0 atom stereocenters. The van der Waals surface area contributed by atoms with Crippen molar-refractivity contribution in [3.63, 3.8) is 0 Å². The van der Waals surface area contributed by atoms with Gasteiger partial charge in [-0.15, -0.1) is 0 Å². The number of hydrogen-bond donors (Lipinski definition) is 1. The van der Waals surface area contributed by atoms with E-state index in [0.29, 0.717) is 12.1 Å². The van der Waals surface area contributed by atoms with Crippen LogP contribution in [0, 0.1) is 0 Å². The second-order valence-electron chi connectivity index (χ2n) is 7.23. The second kappa shape index (κ2) is 10.0.